The Morgan fingerprint density at radius 1 is 0.765 bits per heavy atom. The fraction of sp³-hybridized carbons (Fsp3) is 0.333. The second-order valence-electron chi connectivity index (χ2n) is 9.23. The van der Waals surface area contributed by atoms with E-state index in [1.807, 2.05) is 11.8 Å². The average molecular weight is 471 g/mol. The molecule has 1 N–H and O–H groups in total. The topological polar surface area (TPSA) is 26.7 Å². The van der Waals surface area contributed by atoms with Crippen LogP contribution in [0.3, 0.4) is 0 Å². The predicted octanol–water partition coefficient (Wildman–Crippen LogP) is 5.02. The van der Waals surface area contributed by atoms with E-state index >= 15 is 0 Å². The first-order chi connectivity index (χ1) is 16.8. The van der Waals surface area contributed by atoms with E-state index in [4.69, 9.17) is 0 Å². The van der Waals surface area contributed by atoms with E-state index in [0.717, 1.165) is 44.7 Å². The highest BCUT2D eigenvalue weighted by Crippen LogP contribution is 2.44. The quantitative estimate of drug-likeness (QED) is 0.404. The van der Waals surface area contributed by atoms with Gasteiger partial charge in [0.1, 0.15) is 0 Å². The van der Waals surface area contributed by atoms with E-state index in [0.29, 0.717) is 0 Å². The van der Waals surface area contributed by atoms with Crippen molar-refractivity contribution in [2.75, 3.05) is 44.2 Å². The third kappa shape index (κ3) is 4.73. The summed E-state index contributed by atoms with van der Waals surface area (Å²) in [7, 11) is 0. The number of benzene rings is 3. The minimum Gasteiger partial charge on any atom is -0.389 e. The Morgan fingerprint density at radius 3 is 1.76 bits per heavy atom. The van der Waals surface area contributed by atoms with Crippen molar-refractivity contribution < 1.29 is 5.11 Å². The van der Waals surface area contributed by atoms with Crippen LogP contribution in [-0.4, -0.2) is 65.2 Å². The summed E-state index contributed by atoms with van der Waals surface area (Å²) in [4.78, 5) is 5.09. The molecular weight excluding hydrogens is 436 g/mol. The molecule has 0 amide bonds. The first-order valence-corrected chi connectivity index (χ1v) is 13.5. The third-order valence-corrected chi connectivity index (χ3v) is 8.18. The van der Waals surface area contributed by atoms with Crippen LogP contribution in [0.15, 0.2) is 103 Å². The number of nitrogens with zero attached hydrogens (tertiary/aromatic N) is 2. The van der Waals surface area contributed by atoms with Crippen LogP contribution in [-0.2, 0) is 5.54 Å². The molecular formula is C30H34N2OS. The molecule has 0 saturated carbocycles. The molecule has 0 aliphatic carbocycles. The molecule has 1 unspecified atom stereocenters. The summed E-state index contributed by atoms with van der Waals surface area (Å²) in [6, 6.07) is 32.6. The Kier molecular flexibility index (Phi) is 7.51. The second-order valence-corrected chi connectivity index (χ2v) is 10.5. The lowest BCUT2D eigenvalue weighted by Crippen LogP contribution is -2.53. The van der Waals surface area contributed by atoms with Crippen LogP contribution in [0.25, 0.3) is 0 Å². The van der Waals surface area contributed by atoms with Gasteiger partial charge in [-0.05, 0) is 28.7 Å². The fourth-order valence-electron chi connectivity index (χ4n) is 5.47. The number of thioether (sulfide) groups is 1. The summed E-state index contributed by atoms with van der Waals surface area (Å²) >= 11 is 2.04. The van der Waals surface area contributed by atoms with Crippen molar-refractivity contribution in [2.24, 2.45) is 0 Å². The van der Waals surface area contributed by atoms with Gasteiger partial charge in [-0.15, -0.1) is 0 Å². The number of aliphatic hydroxyl groups is 1. The molecule has 2 aliphatic heterocycles. The van der Waals surface area contributed by atoms with Crippen molar-refractivity contribution in [2.45, 2.75) is 18.1 Å². The molecule has 176 valence electrons. The number of hydrogen-bond donors (Lipinski definition) is 1. The second kappa shape index (κ2) is 10.9. The van der Waals surface area contributed by atoms with Gasteiger partial charge in [-0.3, -0.25) is 9.80 Å². The number of piperidine rings is 1. The van der Waals surface area contributed by atoms with E-state index in [1.54, 1.807) is 0 Å². The third-order valence-electron chi connectivity index (χ3n) is 7.24. The summed E-state index contributed by atoms with van der Waals surface area (Å²) in [5.41, 5.74) is 4.50. The van der Waals surface area contributed by atoms with E-state index < -0.39 is 5.54 Å². The van der Waals surface area contributed by atoms with Crippen LogP contribution >= 0.6 is 11.8 Å². The molecule has 5 rings (SSSR count). The van der Waals surface area contributed by atoms with Crippen LogP contribution in [0.4, 0.5) is 0 Å². The van der Waals surface area contributed by atoms with Crippen molar-refractivity contribution in [1.82, 2.24) is 9.80 Å². The van der Waals surface area contributed by atoms with Gasteiger partial charge in [0.2, 0.25) is 0 Å². The van der Waals surface area contributed by atoms with Crippen molar-refractivity contribution in [3.05, 3.63) is 119 Å². The number of likely N-dealkylation sites (tertiary alicyclic amines) is 1. The molecule has 0 spiro atoms. The van der Waals surface area contributed by atoms with Gasteiger partial charge in [-0.25, -0.2) is 0 Å². The van der Waals surface area contributed by atoms with Gasteiger partial charge >= 0.3 is 0 Å². The monoisotopic (exact) mass is 470 g/mol. The molecule has 2 aliphatic rings. The zero-order valence-electron chi connectivity index (χ0n) is 19.7. The highest BCUT2D eigenvalue weighted by atomic mass is 32.2. The molecule has 0 radical (unpaired) electrons. The Morgan fingerprint density at radius 2 is 1.26 bits per heavy atom. The van der Waals surface area contributed by atoms with Crippen LogP contribution in [0.2, 0.25) is 0 Å². The van der Waals surface area contributed by atoms with Crippen LogP contribution in [0, 0.1) is 0 Å². The predicted molar refractivity (Wildman–Crippen MR) is 143 cm³/mol. The molecule has 3 nitrogen and oxygen atoms in total. The summed E-state index contributed by atoms with van der Waals surface area (Å²) in [6.45, 7) is 4.78. The zero-order valence-corrected chi connectivity index (χ0v) is 20.5. The standard InChI is InChI=1S/C30H34N2OS/c33-29-17-19-32(24-25(29)16-18-31-20-22-34-23-21-31)30(26-10-4-1-5-11-26,27-12-6-2-7-13-27)28-14-8-3-9-15-28/h1-16,29,33H,17-24H2. The summed E-state index contributed by atoms with van der Waals surface area (Å²) in [6.07, 6.45) is 2.68. The maximum atomic E-state index is 11.0. The van der Waals surface area contributed by atoms with Crippen molar-refractivity contribution in [3.8, 4) is 0 Å². The Bertz CT molecular complexity index is 968. The zero-order chi connectivity index (χ0) is 23.2. The average Bonchev–Trinajstić information content (AvgIpc) is 2.92. The molecule has 2 fully saturated rings. The van der Waals surface area contributed by atoms with Crippen molar-refractivity contribution in [1.29, 1.82) is 0 Å². The molecule has 34 heavy (non-hydrogen) atoms. The Hall–Kier alpha value is -2.37. The normalized spacial score (nSPS) is 21.6. The van der Waals surface area contributed by atoms with Crippen molar-refractivity contribution in [3.63, 3.8) is 0 Å². The van der Waals surface area contributed by atoms with Gasteiger partial charge in [0.25, 0.3) is 0 Å². The Balaban J connectivity index is 1.59. The lowest BCUT2D eigenvalue weighted by Gasteiger charge is -2.48. The first kappa shape index (κ1) is 23.4. The largest absolute Gasteiger partial charge is 0.389 e. The molecule has 3 aromatic carbocycles. The van der Waals surface area contributed by atoms with Gasteiger partial charge in [0.15, 0.2) is 0 Å². The molecule has 0 aromatic heterocycles. The van der Waals surface area contributed by atoms with E-state index in [-0.39, 0.29) is 6.10 Å². The van der Waals surface area contributed by atoms with E-state index in [2.05, 4.69) is 107 Å². The van der Waals surface area contributed by atoms with Crippen molar-refractivity contribution >= 4 is 11.8 Å². The molecule has 0 bridgehead atoms. The minimum atomic E-state index is -0.426. The molecule has 1 atom stereocenters. The number of rotatable bonds is 6. The van der Waals surface area contributed by atoms with Crippen LogP contribution in [0.1, 0.15) is 23.1 Å². The number of hydrogen-bond acceptors (Lipinski definition) is 4. The smallest absolute Gasteiger partial charge is 0.0975 e. The highest BCUT2D eigenvalue weighted by Gasteiger charge is 2.44. The van der Waals surface area contributed by atoms with Gasteiger partial charge < -0.3 is 5.11 Å². The lowest BCUT2D eigenvalue weighted by atomic mass is 9.74. The Labute approximate surface area is 208 Å². The summed E-state index contributed by atoms with van der Waals surface area (Å²) in [5, 5.41) is 11.0. The van der Waals surface area contributed by atoms with Gasteiger partial charge in [-0.1, -0.05) is 97.1 Å². The number of aliphatic hydroxyl groups excluding tert-OH is 1. The van der Waals surface area contributed by atoms with E-state index in [1.165, 1.54) is 28.2 Å². The van der Waals surface area contributed by atoms with Gasteiger partial charge in [0.05, 0.1) is 11.6 Å². The SMILES string of the molecule is OC1CCN(C(c2ccccc2)(c2ccccc2)c2ccccc2)CC1=CCN1CCSCC1. The molecule has 2 heterocycles. The van der Waals surface area contributed by atoms with Crippen LogP contribution < -0.4 is 0 Å². The lowest BCUT2D eigenvalue weighted by molar-refractivity contribution is 0.0854. The summed E-state index contributed by atoms with van der Waals surface area (Å²) < 4.78 is 0. The molecule has 3 aromatic rings. The molecule has 4 heteroatoms. The minimum absolute atomic E-state index is 0.365. The fourth-order valence-corrected chi connectivity index (χ4v) is 6.45. The van der Waals surface area contributed by atoms with Crippen LogP contribution in [0.5, 0.6) is 0 Å². The maximum absolute atomic E-state index is 11.0. The summed E-state index contributed by atoms with van der Waals surface area (Å²) in [5.74, 6) is 2.41. The highest BCUT2D eigenvalue weighted by molar-refractivity contribution is 7.99. The first-order valence-electron chi connectivity index (χ1n) is 12.4. The van der Waals surface area contributed by atoms with Gasteiger partial charge in [-0.2, -0.15) is 11.8 Å². The van der Waals surface area contributed by atoms with E-state index in [9.17, 15) is 5.11 Å². The molecule has 2 saturated heterocycles. The maximum Gasteiger partial charge on any atom is 0.0975 e. The van der Waals surface area contributed by atoms with Gasteiger partial charge in [0, 0.05) is 44.2 Å².